The van der Waals surface area contributed by atoms with Crippen LogP contribution in [0.5, 0.6) is 0 Å². The smallest absolute Gasteiger partial charge is 0.410 e. The van der Waals surface area contributed by atoms with Crippen molar-refractivity contribution in [3.63, 3.8) is 0 Å². The number of hydrogen-bond donors (Lipinski definition) is 1. The van der Waals surface area contributed by atoms with Gasteiger partial charge in [-0.15, -0.1) is 0 Å². The lowest BCUT2D eigenvalue weighted by atomic mass is 10.2. The summed E-state index contributed by atoms with van der Waals surface area (Å²) in [6.45, 7) is 6.46. The molecule has 0 fully saturated rings. The van der Waals surface area contributed by atoms with Gasteiger partial charge in [0.15, 0.2) is 0 Å². The summed E-state index contributed by atoms with van der Waals surface area (Å²) in [6, 6.07) is 0. The maximum Gasteiger partial charge on any atom is 0.410 e. The molecule has 0 atom stereocenters. The fourth-order valence-corrected chi connectivity index (χ4v) is 1.38. The predicted molar refractivity (Wildman–Crippen MR) is 67.0 cm³/mol. The molecule has 6 nitrogen and oxygen atoms in total. The number of nitrogens with zero attached hydrogens (tertiary/aromatic N) is 3. The summed E-state index contributed by atoms with van der Waals surface area (Å²) in [5.41, 5.74) is -0.489. The van der Waals surface area contributed by atoms with Crippen molar-refractivity contribution in [1.29, 1.82) is 0 Å². The van der Waals surface area contributed by atoms with E-state index in [1.165, 1.54) is 4.90 Å². The molecule has 1 aromatic heterocycles. The fourth-order valence-electron chi connectivity index (χ4n) is 1.38. The number of carbonyl (C=O) groups excluding carboxylic acids is 1. The Balaban J connectivity index is 2.46. The summed E-state index contributed by atoms with van der Waals surface area (Å²) < 4.78 is 7.05. The third kappa shape index (κ3) is 4.37. The summed E-state index contributed by atoms with van der Waals surface area (Å²) in [7, 11) is 1.68. The quantitative estimate of drug-likeness (QED) is 0.879. The lowest BCUT2D eigenvalue weighted by Crippen LogP contribution is -2.36. The normalized spacial score (nSPS) is 11.4. The van der Waals surface area contributed by atoms with Crippen LogP contribution in [0.1, 0.15) is 26.6 Å². The zero-order valence-electron chi connectivity index (χ0n) is 11.4. The Labute approximate surface area is 107 Å². The number of likely N-dealkylation sites (N-methyl/N-ethyl adjacent to an activating group) is 1. The maximum absolute atomic E-state index is 11.7. The van der Waals surface area contributed by atoms with Crippen molar-refractivity contribution < 1.29 is 14.6 Å². The molecule has 0 radical (unpaired) electrons. The van der Waals surface area contributed by atoms with Gasteiger partial charge in [-0.3, -0.25) is 0 Å². The first-order valence-electron chi connectivity index (χ1n) is 5.88. The number of hydrogen-bond acceptors (Lipinski definition) is 4. The highest BCUT2D eigenvalue weighted by atomic mass is 16.6. The molecule has 1 rings (SSSR count). The largest absolute Gasteiger partial charge is 0.444 e. The number of aliphatic hydroxyl groups is 1. The van der Waals surface area contributed by atoms with Crippen LogP contribution in [0.15, 0.2) is 12.4 Å². The standard InChI is InChI=1S/C12H21N3O3/c1-12(2,3)18-11(17)14(4)7-8-15-6-5-13-10(15)9-16/h5-6,16H,7-9H2,1-4H3. The minimum absolute atomic E-state index is 0.108. The van der Waals surface area contributed by atoms with E-state index < -0.39 is 5.60 Å². The fraction of sp³-hybridized carbons (Fsp3) is 0.667. The van der Waals surface area contributed by atoms with Crippen LogP contribution in [0, 0.1) is 0 Å². The number of imidazole rings is 1. The molecule has 0 unspecified atom stereocenters. The van der Waals surface area contributed by atoms with Gasteiger partial charge >= 0.3 is 6.09 Å². The Morgan fingerprint density at radius 1 is 1.56 bits per heavy atom. The summed E-state index contributed by atoms with van der Waals surface area (Å²) in [6.07, 6.45) is 3.04. The van der Waals surface area contributed by atoms with E-state index in [-0.39, 0.29) is 12.7 Å². The zero-order valence-corrected chi connectivity index (χ0v) is 11.4. The van der Waals surface area contributed by atoms with Crippen LogP contribution in [0.3, 0.4) is 0 Å². The minimum Gasteiger partial charge on any atom is -0.444 e. The third-order valence-corrected chi connectivity index (χ3v) is 2.32. The number of ether oxygens (including phenoxy) is 1. The van der Waals surface area contributed by atoms with Crippen LogP contribution in [0.2, 0.25) is 0 Å². The highest BCUT2D eigenvalue weighted by Crippen LogP contribution is 2.09. The van der Waals surface area contributed by atoms with E-state index in [0.717, 1.165) is 0 Å². The van der Waals surface area contributed by atoms with Gasteiger partial charge in [-0.25, -0.2) is 9.78 Å². The van der Waals surface area contributed by atoms with Gasteiger partial charge in [0.2, 0.25) is 0 Å². The lowest BCUT2D eigenvalue weighted by Gasteiger charge is -2.24. The summed E-state index contributed by atoms with van der Waals surface area (Å²) in [5, 5.41) is 9.05. The molecule has 0 aliphatic carbocycles. The second kappa shape index (κ2) is 5.86. The van der Waals surface area contributed by atoms with Crippen molar-refractivity contribution in [3.05, 3.63) is 18.2 Å². The number of aromatic nitrogens is 2. The van der Waals surface area contributed by atoms with Crippen molar-refractivity contribution in [1.82, 2.24) is 14.5 Å². The highest BCUT2D eigenvalue weighted by molar-refractivity contribution is 5.67. The Hall–Kier alpha value is -1.56. The van der Waals surface area contributed by atoms with Gasteiger partial charge in [-0.1, -0.05) is 0 Å². The third-order valence-electron chi connectivity index (χ3n) is 2.32. The molecule has 1 aromatic rings. The molecule has 1 amide bonds. The first-order valence-corrected chi connectivity index (χ1v) is 5.88. The molecule has 0 aliphatic heterocycles. The van der Waals surface area contributed by atoms with Gasteiger partial charge in [0, 0.05) is 32.5 Å². The molecule has 1 heterocycles. The van der Waals surface area contributed by atoms with E-state index in [9.17, 15) is 4.79 Å². The minimum atomic E-state index is -0.489. The van der Waals surface area contributed by atoms with Crippen LogP contribution in [-0.4, -0.2) is 44.8 Å². The van der Waals surface area contributed by atoms with Gasteiger partial charge in [0.25, 0.3) is 0 Å². The van der Waals surface area contributed by atoms with E-state index >= 15 is 0 Å². The molecule has 102 valence electrons. The molecule has 0 spiro atoms. The first-order chi connectivity index (χ1) is 8.33. The summed E-state index contributed by atoms with van der Waals surface area (Å²) >= 11 is 0. The molecular formula is C12H21N3O3. The van der Waals surface area contributed by atoms with Crippen molar-refractivity contribution >= 4 is 6.09 Å². The number of carbonyl (C=O) groups is 1. The topological polar surface area (TPSA) is 67.6 Å². The van der Waals surface area contributed by atoms with E-state index in [2.05, 4.69) is 4.98 Å². The first kappa shape index (κ1) is 14.5. The van der Waals surface area contributed by atoms with Crippen molar-refractivity contribution in [2.75, 3.05) is 13.6 Å². The molecular weight excluding hydrogens is 234 g/mol. The lowest BCUT2D eigenvalue weighted by molar-refractivity contribution is 0.0293. The zero-order chi connectivity index (χ0) is 13.8. The molecule has 18 heavy (non-hydrogen) atoms. The van der Waals surface area contributed by atoms with Crippen molar-refractivity contribution in [2.45, 2.75) is 39.5 Å². The molecule has 6 heteroatoms. The summed E-state index contributed by atoms with van der Waals surface area (Å²) in [5.74, 6) is 0.590. The Morgan fingerprint density at radius 2 is 2.22 bits per heavy atom. The molecule has 1 N–H and O–H groups in total. The molecule has 0 saturated carbocycles. The van der Waals surface area contributed by atoms with Crippen LogP contribution in [0.4, 0.5) is 4.79 Å². The van der Waals surface area contributed by atoms with Crippen molar-refractivity contribution in [3.8, 4) is 0 Å². The average molecular weight is 255 g/mol. The van der Waals surface area contributed by atoms with Crippen LogP contribution >= 0.6 is 0 Å². The van der Waals surface area contributed by atoms with Gasteiger partial charge in [-0.2, -0.15) is 0 Å². The van der Waals surface area contributed by atoms with Crippen LogP contribution < -0.4 is 0 Å². The monoisotopic (exact) mass is 255 g/mol. The summed E-state index contributed by atoms with van der Waals surface area (Å²) in [4.78, 5) is 17.2. The predicted octanol–water partition coefficient (Wildman–Crippen LogP) is 1.24. The Morgan fingerprint density at radius 3 is 2.78 bits per heavy atom. The number of aliphatic hydroxyl groups excluding tert-OH is 1. The van der Waals surface area contributed by atoms with Gasteiger partial charge in [0.1, 0.15) is 18.0 Å². The van der Waals surface area contributed by atoms with Gasteiger partial charge < -0.3 is 19.3 Å². The maximum atomic E-state index is 11.7. The van der Waals surface area contributed by atoms with Crippen molar-refractivity contribution in [2.24, 2.45) is 0 Å². The highest BCUT2D eigenvalue weighted by Gasteiger charge is 2.19. The van der Waals surface area contributed by atoms with Crippen LogP contribution in [-0.2, 0) is 17.9 Å². The SMILES string of the molecule is CN(CCn1ccnc1CO)C(=O)OC(C)(C)C. The molecule has 0 saturated heterocycles. The van der Waals surface area contributed by atoms with E-state index in [4.69, 9.17) is 9.84 Å². The molecule has 0 aliphatic rings. The van der Waals surface area contributed by atoms with E-state index in [0.29, 0.717) is 18.9 Å². The van der Waals surface area contributed by atoms with E-state index in [1.54, 1.807) is 24.0 Å². The van der Waals surface area contributed by atoms with Gasteiger partial charge in [-0.05, 0) is 20.8 Å². The Kier molecular flexibility index (Phi) is 4.72. The van der Waals surface area contributed by atoms with Crippen LogP contribution in [0.25, 0.3) is 0 Å². The van der Waals surface area contributed by atoms with E-state index in [1.807, 2.05) is 20.8 Å². The second-order valence-corrected chi connectivity index (χ2v) is 5.10. The number of amides is 1. The Bertz CT molecular complexity index is 396. The average Bonchev–Trinajstić information content (AvgIpc) is 2.70. The second-order valence-electron chi connectivity index (χ2n) is 5.10. The van der Waals surface area contributed by atoms with Gasteiger partial charge in [0.05, 0.1) is 0 Å². The number of rotatable bonds is 4. The molecule has 0 bridgehead atoms. The molecule has 0 aromatic carbocycles.